The molecule has 0 amide bonds. The van der Waals surface area contributed by atoms with Crippen LogP contribution in [0.4, 0.5) is 11.6 Å². The van der Waals surface area contributed by atoms with Gasteiger partial charge in [0.25, 0.3) is 0 Å². The van der Waals surface area contributed by atoms with Crippen molar-refractivity contribution in [1.82, 2.24) is 9.97 Å². The molecule has 0 unspecified atom stereocenters. The zero-order valence-electron chi connectivity index (χ0n) is 10.3. The number of aromatic nitrogens is 2. The molecule has 5 nitrogen and oxygen atoms in total. The quantitative estimate of drug-likeness (QED) is 0.752. The van der Waals surface area contributed by atoms with E-state index in [-0.39, 0.29) is 6.61 Å². The zero-order chi connectivity index (χ0) is 12.1. The van der Waals surface area contributed by atoms with E-state index in [1.165, 1.54) is 12.8 Å². The van der Waals surface area contributed by atoms with Gasteiger partial charge in [-0.1, -0.05) is 0 Å². The second-order valence-electron chi connectivity index (χ2n) is 4.36. The van der Waals surface area contributed by atoms with Crippen molar-refractivity contribution in [2.45, 2.75) is 26.2 Å². The molecule has 2 heterocycles. The molecular formula is C12H20N4O. The number of nitrogens with zero attached hydrogens (tertiary/aromatic N) is 3. The summed E-state index contributed by atoms with van der Waals surface area (Å²) in [7, 11) is 0. The first-order chi connectivity index (χ1) is 8.29. The van der Waals surface area contributed by atoms with E-state index in [2.05, 4.69) is 20.2 Å². The van der Waals surface area contributed by atoms with Crippen molar-refractivity contribution in [3.05, 3.63) is 11.9 Å². The minimum absolute atomic E-state index is 0.204. The van der Waals surface area contributed by atoms with Crippen LogP contribution in [-0.2, 0) is 0 Å². The number of anilines is 2. The minimum atomic E-state index is 0.204. The lowest BCUT2D eigenvalue weighted by molar-refractivity contribution is 0.292. The number of aryl methyl sites for hydroxylation is 1. The Bertz CT molecular complexity index is 364. The van der Waals surface area contributed by atoms with Crippen LogP contribution in [0, 0.1) is 6.92 Å². The fourth-order valence-electron chi connectivity index (χ4n) is 2.05. The standard InChI is InChI=1S/C12H20N4O/c1-10-14-11(13-5-4-8-17)9-12(15-10)16-6-2-3-7-16/h9,17H,2-8H2,1H3,(H,13,14,15). The summed E-state index contributed by atoms with van der Waals surface area (Å²) in [6.45, 7) is 5.04. The second-order valence-corrected chi connectivity index (χ2v) is 4.36. The van der Waals surface area contributed by atoms with Crippen molar-refractivity contribution >= 4 is 11.6 Å². The molecule has 0 radical (unpaired) electrons. The summed E-state index contributed by atoms with van der Waals surface area (Å²) in [6.07, 6.45) is 3.23. The number of aliphatic hydroxyl groups excluding tert-OH is 1. The van der Waals surface area contributed by atoms with Gasteiger partial charge in [0.1, 0.15) is 17.5 Å². The van der Waals surface area contributed by atoms with E-state index in [4.69, 9.17) is 5.11 Å². The molecule has 0 saturated carbocycles. The minimum Gasteiger partial charge on any atom is -0.396 e. The third kappa shape index (κ3) is 3.30. The van der Waals surface area contributed by atoms with Gasteiger partial charge in [0, 0.05) is 32.3 Å². The molecule has 17 heavy (non-hydrogen) atoms. The third-order valence-corrected chi connectivity index (χ3v) is 2.90. The van der Waals surface area contributed by atoms with Crippen molar-refractivity contribution < 1.29 is 5.11 Å². The number of rotatable bonds is 5. The summed E-state index contributed by atoms with van der Waals surface area (Å²) in [5.74, 6) is 2.66. The molecule has 0 bridgehead atoms. The zero-order valence-corrected chi connectivity index (χ0v) is 10.3. The number of hydrogen-bond donors (Lipinski definition) is 2. The van der Waals surface area contributed by atoms with Crippen molar-refractivity contribution in [3.63, 3.8) is 0 Å². The molecule has 0 aromatic carbocycles. The van der Waals surface area contributed by atoms with E-state index < -0.39 is 0 Å². The molecule has 0 spiro atoms. The predicted molar refractivity (Wildman–Crippen MR) is 68.4 cm³/mol. The van der Waals surface area contributed by atoms with Gasteiger partial charge >= 0.3 is 0 Å². The highest BCUT2D eigenvalue weighted by Gasteiger charge is 2.14. The second kappa shape index (κ2) is 5.82. The van der Waals surface area contributed by atoms with Crippen molar-refractivity contribution in [2.24, 2.45) is 0 Å². The van der Waals surface area contributed by atoms with Gasteiger partial charge in [0.15, 0.2) is 0 Å². The Morgan fingerprint density at radius 3 is 2.82 bits per heavy atom. The molecule has 1 saturated heterocycles. The van der Waals surface area contributed by atoms with Gasteiger partial charge in [-0.3, -0.25) is 0 Å². The summed E-state index contributed by atoms with van der Waals surface area (Å²) in [5, 5.41) is 12.0. The molecule has 1 aliphatic heterocycles. The summed E-state index contributed by atoms with van der Waals surface area (Å²) < 4.78 is 0. The lowest BCUT2D eigenvalue weighted by atomic mass is 10.4. The molecule has 94 valence electrons. The Hall–Kier alpha value is -1.36. The largest absolute Gasteiger partial charge is 0.396 e. The van der Waals surface area contributed by atoms with Gasteiger partial charge in [-0.2, -0.15) is 0 Å². The van der Waals surface area contributed by atoms with Crippen molar-refractivity contribution in [1.29, 1.82) is 0 Å². The Kier molecular flexibility index (Phi) is 4.14. The number of nitrogens with one attached hydrogen (secondary N) is 1. The fraction of sp³-hybridized carbons (Fsp3) is 0.667. The van der Waals surface area contributed by atoms with E-state index in [1.54, 1.807) is 0 Å². The number of hydrogen-bond acceptors (Lipinski definition) is 5. The lowest BCUT2D eigenvalue weighted by Gasteiger charge is -2.17. The highest BCUT2D eigenvalue weighted by molar-refractivity contribution is 5.49. The van der Waals surface area contributed by atoms with Crippen LogP contribution in [0.15, 0.2) is 6.07 Å². The third-order valence-electron chi connectivity index (χ3n) is 2.90. The first kappa shape index (κ1) is 12.1. The van der Waals surface area contributed by atoms with Gasteiger partial charge in [-0.05, 0) is 26.2 Å². The average molecular weight is 236 g/mol. The monoisotopic (exact) mass is 236 g/mol. The first-order valence-electron chi connectivity index (χ1n) is 6.25. The molecule has 2 rings (SSSR count). The molecule has 0 aliphatic carbocycles. The maximum Gasteiger partial charge on any atom is 0.134 e. The SMILES string of the molecule is Cc1nc(NCCCO)cc(N2CCCC2)n1. The Labute approximate surface area is 102 Å². The van der Waals surface area contributed by atoms with E-state index >= 15 is 0 Å². The van der Waals surface area contributed by atoms with Gasteiger partial charge < -0.3 is 15.3 Å². The molecule has 5 heteroatoms. The predicted octanol–water partition coefficient (Wildman–Crippen LogP) is 1.18. The van der Waals surface area contributed by atoms with Gasteiger partial charge in [-0.15, -0.1) is 0 Å². The maximum absolute atomic E-state index is 8.75. The van der Waals surface area contributed by atoms with Crippen LogP contribution >= 0.6 is 0 Å². The first-order valence-corrected chi connectivity index (χ1v) is 6.25. The summed E-state index contributed by atoms with van der Waals surface area (Å²) in [5.41, 5.74) is 0. The highest BCUT2D eigenvalue weighted by atomic mass is 16.3. The molecule has 1 aromatic rings. The van der Waals surface area contributed by atoms with E-state index in [0.717, 1.165) is 43.5 Å². The Morgan fingerprint density at radius 1 is 1.35 bits per heavy atom. The van der Waals surface area contributed by atoms with Crippen LogP contribution in [0.1, 0.15) is 25.1 Å². The highest BCUT2D eigenvalue weighted by Crippen LogP contribution is 2.20. The van der Waals surface area contributed by atoms with E-state index in [9.17, 15) is 0 Å². The Morgan fingerprint density at radius 2 is 2.12 bits per heavy atom. The summed E-state index contributed by atoms with van der Waals surface area (Å²) >= 11 is 0. The van der Waals surface area contributed by atoms with Crippen molar-refractivity contribution in [3.8, 4) is 0 Å². The lowest BCUT2D eigenvalue weighted by Crippen LogP contribution is -2.20. The smallest absolute Gasteiger partial charge is 0.134 e. The van der Waals surface area contributed by atoms with Crippen LogP contribution < -0.4 is 10.2 Å². The van der Waals surface area contributed by atoms with Crippen LogP contribution in [0.3, 0.4) is 0 Å². The van der Waals surface area contributed by atoms with Crippen LogP contribution in [-0.4, -0.2) is 41.3 Å². The van der Waals surface area contributed by atoms with Gasteiger partial charge in [0.05, 0.1) is 0 Å². The molecule has 2 N–H and O–H groups in total. The van der Waals surface area contributed by atoms with E-state index in [1.807, 2.05) is 13.0 Å². The van der Waals surface area contributed by atoms with Gasteiger partial charge in [-0.25, -0.2) is 9.97 Å². The summed E-state index contributed by atoms with van der Waals surface area (Å²) in [4.78, 5) is 11.1. The molecular weight excluding hydrogens is 216 g/mol. The average Bonchev–Trinajstić information content (AvgIpc) is 2.82. The van der Waals surface area contributed by atoms with Crippen LogP contribution in [0.5, 0.6) is 0 Å². The van der Waals surface area contributed by atoms with Crippen LogP contribution in [0.2, 0.25) is 0 Å². The maximum atomic E-state index is 8.75. The molecule has 0 atom stereocenters. The molecule has 1 aliphatic rings. The topological polar surface area (TPSA) is 61.3 Å². The Balaban J connectivity index is 2.05. The molecule has 1 fully saturated rings. The van der Waals surface area contributed by atoms with Crippen LogP contribution in [0.25, 0.3) is 0 Å². The summed E-state index contributed by atoms with van der Waals surface area (Å²) in [6, 6.07) is 2.00. The normalized spacial score (nSPS) is 15.3. The van der Waals surface area contributed by atoms with Crippen molar-refractivity contribution in [2.75, 3.05) is 36.5 Å². The fourth-order valence-corrected chi connectivity index (χ4v) is 2.05. The number of aliphatic hydroxyl groups is 1. The molecule has 1 aromatic heterocycles. The van der Waals surface area contributed by atoms with E-state index in [0.29, 0.717) is 0 Å². The van der Waals surface area contributed by atoms with Gasteiger partial charge in [0.2, 0.25) is 0 Å².